The van der Waals surface area contributed by atoms with Crippen molar-refractivity contribution in [3.8, 4) is 0 Å². The monoisotopic (exact) mass is 502 g/mol. The van der Waals surface area contributed by atoms with E-state index in [4.69, 9.17) is 0 Å². The largest absolute Gasteiger partial charge is 0.357 e. The summed E-state index contributed by atoms with van der Waals surface area (Å²) >= 11 is 0. The number of carbonyl (C=O) groups is 1. The second-order valence-electron chi connectivity index (χ2n) is 6.85. The van der Waals surface area contributed by atoms with Crippen molar-refractivity contribution in [3.05, 3.63) is 0 Å². The van der Waals surface area contributed by atoms with Gasteiger partial charge in [-0.2, -0.15) is 0 Å². The van der Waals surface area contributed by atoms with Crippen molar-refractivity contribution in [2.24, 2.45) is 10.9 Å². The van der Waals surface area contributed by atoms with Gasteiger partial charge in [-0.1, -0.05) is 19.3 Å². The fourth-order valence-electron chi connectivity index (χ4n) is 2.87. The van der Waals surface area contributed by atoms with Crippen LogP contribution in [0.3, 0.4) is 0 Å². The fraction of sp³-hybridized carbons (Fsp3) is 0.882. The number of carbonyl (C=O) groups excluding carboxylic acids is 1. The summed E-state index contributed by atoms with van der Waals surface area (Å²) in [6, 6.07) is 0.00403. The zero-order valence-corrected chi connectivity index (χ0v) is 19.4. The quantitative estimate of drug-likeness (QED) is 0.193. The first-order valence-electron chi connectivity index (χ1n) is 9.32. The number of nitrogens with zero attached hydrogens (tertiary/aromatic N) is 1. The van der Waals surface area contributed by atoms with Crippen LogP contribution in [0.15, 0.2) is 4.99 Å². The van der Waals surface area contributed by atoms with Gasteiger partial charge >= 0.3 is 0 Å². The van der Waals surface area contributed by atoms with Crippen LogP contribution in [-0.2, 0) is 14.6 Å². The van der Waals surface area contributed by atoms with E-state index in [2.05, 4.69) is 20.9 Å². The van der Waals surface area contributed by atoms with Gasteiger partial charge in [0.1, 0.15) is 9.84 Å². The normalized spacial score (nSPS) is 17.1. The standard InChI is InChI=1S/C17H34N4O3S.HI/c1-4-18-17(21-14(2)10-13-25(3,23)24)20-12-11-19-16(22)15-8-6-5-7-9-15;/h14-15H,4-13H2,1-3H3,(H,19,22)(H2,18,20,21);1H. The molecule has 26 heavy (non-hydrogen) atoms. The summed E-state index contributed by atoms with van der Waals surface area (Å²) in [4.78, 5) is 16.5. The van der Waals surface area contributed by atoms with E-state index in [1.54, 1.807) is 0 Å². The molecule has 1 fully saturated rings. The molecule has 1 aliphatic carbocycles. The third-order valence-electron chi connectivity index (χ3n) is 4.31. The number of aliphatic imine (C=N–C) groups is 1. The first kappa shape index (κ1) is 25.4. The maximum atomic E-state index is 12.1. The second-order valence-corrected chi connectivity index (χ2v) is 9.11. The molecule has 0 heterocycles. The number of sulfone groups is 1. The molecule has 1 aliphatic rings. The highest BCUT2D eigenvalue weighted by Crippen LogP contribution is 2.23. The van der Waals surface area contributed by atoms with Gasteiger partial charge in [0.25, 0.3) is 0 Å². The minimum atomic E-state index is -2.96. The third kappa shape index (κ3) is 11.9. The van der Waals surface area contributed by atoms with Crippen LogP contribution in [0.1, 0.15) is 52.4 Å². The minimum Gasteiger partial charge on any atom is -0.357 e. The Labute approximate surface area is 175 Å². The molecule has 0 aromatic rings. The molecule has 7 nitrogen and oxygen atoms in total. The fourth-order valence-corrected chi connectivity index (χ4v) is 3.65. The Morgan fingerprint density at radius 1 is 1.19 bits per heavy atom. The van der Waals surface area contributed by atoms with Gasteiger partial charge in [0.05, 0.1) is 12.3 Å². The van der Waals surface area contributed by atoms with Crippen molar-refractivity contribution < 1.29 is 13.2 Å². The Morgan fingerprint density at radius 2 is 1.85 bits per heavy atom. The third-order valence-corrected chi connectivity index (χ3v) is 5.28. The molecule has 0 aromatic heterocycles. The lowest BCUT2D eigenvalue weighted by Crippen LogP contribution is -2.43. The van der Waals surface area contributed by atoms with E-state index in [-0.39, 0.29) is 47.6 Å². The zero-order chi connectivity index (χ0) is 18.7. The van der Waals surface area contributed by atoms with Crippen LogP contribution in [0.4, 0.5) is 0 Å². The Morgan fingerprint density at radius 3 is 2.42 bits per heavy atom. The van der Waals surface area contributed by atoms with Crippen molar-refractivity contribution in [2.45, 2.75) is 58.4 Å². The smallest absolute Gasteiger partial charge is 0.223 e. The predicted octanol–water partition coefficient (Wildman–Crippen LogP) is 1.68. The summed E-state index contributed by atoms with van der Waals surface area (Å²) in [5.74, 6) is 1.11. The highest BCUT2D eigenvalue weighted by atomic mass is 127. The van der Waals surface area contributed by atoms with Gasteiger partial charge in [-0.05, 0) is 33.1 Å². The number of halogens is 1. The van der Waals surface area contributed by atoms with Crippen molar-refractivity contribution in [1.82, 2.24) is 16.0 Å². The molecule has 1 saturated carbocycles. The van der Waals surface area contributed by atoms with E-state index in [9.17, 15) is 13.2 Å². The van der Waals surface area contributed by atoms with Crippen molar-refractivity contribution >= 4 is 45.7 Å². The van der Waals surface area contributed by atoms with Crippen LogP contribution in [-0.4, -0.2) is 58.0 Å². The van der Waals surface area contributed by atoms with Crippen molar-refractivity contribution in [3.63, 3.8) is 0 Å². The van der Waals surface area contributed by atoms with Gasteiger partial charge in [0, 0.05) is 31.3 Å². The lowest BCUT2D eigenvalue weighted by atomic mass is 9.89. The summed E-state index contributed by atoms with van der Waals surface area (Å²) < 4.78 is 22.5. The minimum absolute atomic E-state index is 0. The molecule has 0 aromatic carbocycles. The van der Waals surface area contributed by atoms with E-state index in [1.807, 2.05) is 13.8 Å². The summed E-state index contributed by atoms with van der Waals surface area (Å²) in [6.45, 7) is 5.64. The summed E-state index contributed by atoms with van der Waals surface area (Å²) in [7, 11) is -2.96. The first-order chi connectivity index (χ1) is 11.8. The molecule has 0 spiro atoms. The number of rotatable bonds is 9. The maximum absolute atomic E-state index is 12.1. The molecule has 1 rings (SSSR count). The van der Waals surface area contributed by atoms with Crippen LogP contribution >= 0.6 is 24.0 Å². The number of nitrogens with one attached hydrogen (secondary N) is 3. The van der Waals surface area contributed by atoms with Crippen LogP contribution in [0, 0.1) is 5.92 Å². The molecule has 0 saturated heterocycles. The summed E-state index contributed by atoms with van der Waals surface area (Å²) in [5.41, 5.74) is 0. The average molecular weight is 502 g/mol. The second kappa shape index (κ2) is 13.6. The molecule has 0 radical (unpaired) electrons. The Hall–Kier alpha value is -0.580. The van der Waals surface area contributed by atoms with Crippen LogP contribution < -0.4 is 16.0 Å². The topological polar surface area (TPSA) is 99.7 Å². The molecule has 1 unspecified atom stereocenters. The highest BCUT2D eigenvalue weighted by molar-refractivity contribution is 14.0. The lowest BCUT2D eigenvalue weighted by Gasteiger charge is -2.20. The first-order valence-corrected chi connectivity index (χ1v) is 11.4. The van der Waals surface area contributed by atoms with Crippen molar-refractivity contribution in [2.75, 3.05) is 31.6 Å². The Kier molecular flexibility index (Phi) is 13.3. The van der Waals surface area contributed by atoms with Gasteiger partial charge in [0.2, 0.25) is 5.91 Å². The SMILES string of the molecule is CCNC(=NCCNC(=O)C1CCCCC1)NC(C)CCS(C)(=O)=O.I. The molecular formula is C17H35IN4O3S. The van der Waals surface area contributed by atoms with Gasteiger partial charge < -0.3 is 16.0 Å². The molecular weight excluding hydrogens is 467 g/mol. The average Bonchev–Trinajstić information content (AvgIpc) is 2.57. The molecule has 9 heteroatoms. The predicted molar refractivity (Wildman–Crippen MR) is 118 cm³/mol. The molecule has 0 bridgehead atoms. The van der Waals surface area contributed by atoms with E-state index in [0.29, 0.717) is 25.5 Å². The van der Waals surface area contributed by atoms with Crippen LogP contribution in [0.25, 0.3) is 0 Å². The number of hydrogen-bond donors (Lipinski definition) is 3. The molecule has 3 N–H and O–H groups in total. The van der Waals surface area contributed by atoms with E-state index >= 15 is 0 Å². The maximum Gasteiger partial charge on any atom is 0.223 e. The Bertz CT molecular complexity index is 534. The van der Waals surface area contributed by atoms with Crippen molar-refractivity contribution in [1.29, 1.82) is 0 Å². The lowest BCUT2D eigenvalue weighted by molar-refractivity contribution is -0.125. The van der Waals surface area contributed by atoms with Gasteiger partial charge in [-0.3, -0.25) is 9.79 Å². The molecule has 0 aliphatic heterocycles. The molecule has 1 atom stereocenters. The number of amides is 1. The Balaban J connectivity index is 0.00000625. The van der Waals surface area contributed by atoms with E-state index in [1.165, 1.54) is 12.7 Å². The molecule has 1 amide bonds. The van der Waals surface area contributed by atoms with E-state index in [0.717, 1.165) is 32.2 Å². The van der Waals surface area contributed by atoms with Gasteiger partial charge in [0.15, 0.2) is 5.96 Å². The zero-order valence-electron chi connectivity index (χ0n) is 16.2. The van der Waals surface area contributed by atoms with Gasteiger partial charge in [-0.25, -0.2) is 8.42 Å². The highest BCUT2D eigenvalue weighted by Gasteiger charge is 2.20. The van der Waals surface area contributed by atoms with E-state index < -0.39 is 9.84 Å². The van der Waals surface area contributed by atoms with Crippen LogP contribution in [0.5, 0.6) is 0 Å². The number of hydrogen-bond acceptors (Lipinski definition) is 4. The van der Waals surface area contributed by atoms with Gasteiger partial charge in [-0.15, -0.1) is 24.0 Å². The summed E-state index contributed by atoms with van der Waals surface area (Å²) in [5, 5.41) is 9.31. The number of guanidine groups is 1. The summed E-state index contributed by atoms with van der Waals surface area (Å²) in [6.07, 6.45) is 7.31. The van der Waals surface area contributed by atoms with Crippen LogP contribution in [0.2, 0.25) is 0 Å². The molecule has 154 valence electrons.